The maximum absolute atomic E-state index is 11.7. The maximum atomic E-state index is 11.7. The Labute approximate surface area is 123 Å². The van der Waals surface area contributed by atoms with Crippen LogP contribution in [0.4, 0.5) is 0 Å². The highest BCUT2D eigenvalue weighted by molar-refractivity contribution is 5.85. The highest BCUT2D eigenvalue weighted by Crippen LogP contribution is 2.15. The zero-order valence-electron chi connectivity index (χ0n) is 11.5. The Morgan fingerprint density at radius 3 is 2.56 bits per heavy atom. The van der Waals surface area contributed by atoms with Gasteiger partial charge in [0, 0.05) is 12.6 Å². The van der Waals surface area contributed by atoms with Crippen LogP contribution >= 0.6 is 24.8 Å². The fourth-order valence-electron chi connectivity index (χ4n) is 2.18. The first kappa shape index (κ1) is 20.3. The van der Waals surface area contributed by atoms with E-state index in [2.05, 4.69) is 17.1 Å². The van der Waals surface area contributed by atoms with E-state index in [9.17, 15) is 4.79 Å². The molecule has 1 saturated heterocycles. The highest BCUT2D eigenvalue weighted by Gasteiger charge is 2.24. The second-order valence-corrected chi connectivity index (χ2v) is 4.94. The van der Waals surface area contributed by atoms with Gasteiger partial charge in [0.1, 0.15) is 0 Å². The fourth-order valence-corrected chi connectivity index (χ4v) is 2.18. The van der Waals surface area contributed by atoms with Crippen molar-refractivity contribution >= 4 is 30.7 Å². The fraction of sp³-hybridized carbons (Fsp3) is 0.917. The Morgan fingerprint density at radius 2 is 2.06 bits per heavy atom. The van der Waals surface area contributed by atoms with Gasteiger partial charge < -0.3 is 11.1 Å². The molecule has 3 N–H and O–H groups in total. The number of hydrogen-bond donors (Lipinski definition) is 2. The summed E-state index contributed by atoms with van der Waals surface area (Å²) in [6, 6.07) is 0.129. The van der Waals surface area contributed by atoms with Gasteiger partial charge in [-0.1, -0.05) is 20.8 Å². The summed E-state index contributed by atoms with van der Waals surface area (Å²) in [7, 11) is 0. The zero-order valence-corrected chi connectivity index (χ0v) is 13.1. The van der Waals surface area contributed by atoms with Crippen LogP contribution in [0.2, 0.25) is 0 Å². The van der Waals surface area contributed by atoms with Crippen molar-refractivity contribution in [3.63, 3.8) is 0 Å². The molecule has 1 heterocycles. The lowest BCUT2D eigenvalue weighted by atomic mass is 10.0. The van der Waals surface area contributed by atoms with Crippen molar-refractivity contribution in [1.82, 2.24) is 10.2 Å². The summed E-state index contributed by atoms with van der Waals surface area (Å²) in [5.41, 5.74) is 5.79. The normalized spacial score (nSPS) is 21.1. The van der Waals surface area contributed by atoms with Crippen molar-refractivity contribution in [3.05, 3.63) is 0 Å². The molecule has 1 fully saturated rings. The van der Waals surface area contributed by atoms with Crippen LogP contribution < -0.4 is 11.1 Å². The molecule has 0 spiro atoms. The molecule has 6 heteroatoms. The Kier molecular flexibility index (Phi) is 11.1. The molecule has 1 rings (SSSR count). The van der Waals surface area contributed by atoms with Gasteiger partial charge in [0.25, 0.3) is 0 Å². The van der Waals surface area contributed by atoms with Crippen LogP contribution in [-0.4, -0.2) is 42.5 Å². The summed E-state index contributed by atoms with van der Waals surface area (Å²) in [4.78, 5) is 14.1. The van der Waals surface area contributed by atoms with Gasteiger partial charge >= 0.3 is 0 Å². The Morgan fingerprint density at radius 1 is 1.44 bits per heavy atom. The predicted molar refractivity (Wildman–Crippen MR) is 80.6 cm³/mol. The van der Waals surface area contributed by atoms with E-state index in [-0.39, 0.29) is 42.7 Å². The molecule has 0 saturated carbocycles. The van der Waals surface area contributed by atoms with Crippen LogP contribution in [0.15, 0.2) is 0 Å². The summed E-state index contributed by atoms with van der Waals surface area (Å²) in [6.45, 7) is 9.08. The number of carbonyl (C=O) groups excluding carboxylic acids is 1. The average molecular weight is 300 g/mol. The van der Waals surface area contributed by atoms with E-state index in [4.69, 9.17) is 5.73 Å². The molecule has 1 aliphatic heterocycles. The summed E-state index contributed by atoms with van der Waals surface area (Å²) in [5, 5.41) is 2.96. The third-order valence-corrected chi connectivity index (χ3v) is 3.44. The smallest absolute Gasteiger partial charge is 0.237 e. The molecule has 18 heavy (non-hydrogen) atoms. The molecule has 1 amide bonds. The second-order valence-electron chi connectivity index (χ2n) is 4.94. The summed E-state index contributed by atoms with van der Waals surface area (Å²) >= 11 is 0. The molecular weight excluding hydrogens is 273 g/mol. The molecule has 4 nitrogen and oxygen atoms in total. The van der Waals surface area contributed by atoms with Crippen molar-refractivity contribution in [1.29, 1.82) is 0 Å². The Bertz CT molecular complexity index is 239. The van der Waals surface area contributed by atoms with Crippen LogP contribution in [-0.2, 0) is 4.79 Å². The zero-order chi connectivity index (χ0) is 12.1. The number of nitrogens with two attached hydrogens (primary N) is 1. The minimum atomic E-state index is -0.378. The summed E-state index contributed by atoms with van der Waals surface area (Å²) < 4.78 is 0. The minimum Gasteiger partial charge on any atom is -0.353 e. The molecule has 0 radical (unpaired) electrons. The van der Waals surface area contributed by atoms with Gasteiger partial charge in [-0.25, -0.2) is 0 Å². The molecule has 1 aliphatic rings. The van der Waals surface area contributed by atoms with E-state index in [1.807, 2.05) is 13.8 Å². The van der Waals surface area contributed by atoms with Crippen molar-refractivity contribution < 1.29 is 4.79 Å². The lowest BCUT2D eigenvalue weighted by molar-refractivity contribution is -0.123. The average Bonchev–Trinajstić information content (AvgIpc) is 2.71. The van der Waals surface area contributed by atoms with Crippen molar-refractivity contribution in [3.8, 4) is 0 Å². The number of likely N-dealkylation sites (tertiary alicyclic amines) is 1. The van der Waals surface area contributed by atoms with Gasteiger partial charge in [-0.2, -0.15) is 0 Å². The third-order valence-electron chi connectivity index (χ3n) is 3.44. The highest BCUT2D eigenvalue weighted by atomic mass is 35.5. The number of rotatable bonds is 5. The first-order valence-electron chi connectivity index (χ1n) is 6.33. The number of likely N-dealkylation sites (N-methyl/N-ethyl adjacent to an activating group) is 1. The van der Waals surface area contributed by atoms with Crippen LogP contribution in [0.3, 0.4) is 0 Å². The SMILES string of the molecule is CCN1CCCC1CNC(=O)C(N)C(C)C.Cl.Cl. The van der Waals surface area contributed by atoms with E-state index >= 15 is 0 Å². The largest absolute Gasteiger partial charge is 0.353 e. The predicted octanol–water partition coefficient (Wildman–Crippen LogP) is 1.41. The maximum Gasteiger partial charge on any atom is 0.237 e. The van der Waals surface area contributed by atoms with Crippen molar-refractivity contribution in [2.75, 3.05) is 19.6 Å². The van der Waals surface area contributed by atoms with E-state index < -0.39 is 0 Å². The van der Waals surface area contributed by atoms with Gasteiger partial charge in [-0.15, -0.1) is 24.8 Å². The standard InChI is InChI=1S/C12H25N3O.2ClH/c1-4-15-7-5-6-10(15)8-14-12(16)11(13)9(2)3;;/h9-11H,4-8,13H2,1-3H3,(H,14,16);2*1H. The quantitative estimate of drug-likeness (QED) is 0.807. The lowest BCUT2D eigenvalue weighted by Crippen LogP contribution is -2.48. The molecular formula is C12H27Cl2N3O. The molecule has 0 aromatic carbocycles. The molecule has 0 bridgehead atoms. The van der Waals surface area contributed by atoms with Crippen molar-refractivity contribution in [2.45, 2.75) is 45.7 Å². The molecule has 2 atom stereocenters. The second kappa shape index (κ2) is 9.84. The number of carbonyl (C=O) groups is 1. The third kappa shape index (κ3) is 5.74. The summed E-state index contributed by atoms with van der Waals surface area (Å²) in [6.07, 6.45) is 2.43. The van der Waals surface area contributed by atoms with Gasteiger partial charge in [-0.05, 0) is 31.8 Å². The van der Waals surface area contributed by atoms with Gasteiger partial charge in [-0.3, -0.25) is 9.69 Å². The molecule has 2 unspecified atom stereocenters. The van der Waals surface area contributed by atoms with Gasteiger partial charge in [0.2, 0.25) is 5.91 Å². The number of nitrogens with zero attached hydrogens (tertiary/aromatic N) is 1. The van der Waals surface area contributed by atoms with E-state index in [0.717, 1.165) is 19.6 Å². The van der Waals surface area contributed by atoms with Crippen LogP contribution in [0.5, 0.6) is 0 Å². The molecule has 0 aromatic heterocycles. The van der Waals surface area contributed by atoms with E-state index in [1.165, 1.54) is 12.8 Å². The first-order chi connectivity index (χ1) is 7.56. The topological polar surface area (TPSA) is 58.4 Å². The first-order valence-corrected chi connectivity index (χ1v) is 6.33. The molecule has 110 valence electrons. The minimum absolute atomic E-state index is 0. The van der Waals surface area contributed by atoms with Crippen LogP contribution in [0.25, 0.3) is 0 Å². The molecule has 0 aromatic rings. The monoisotopic (exact) mass is 299 g/mol. The van der Waals surface area contributed by atoms with Gasteiger partial charge in [0.15, 0.2) is 0 Å². The lowest BCUT2D eigenvalue weighted by Gasteiger charge is -2.24. The number of amides is 1. The van der Waals surface area contributed by atoms with Crippen LogP contribution in [0, 0.1) is 5.92 Å². The Balaban J connectivity index is 0. The Hall–Kier alpha value is -0.0300. The number of halogens is 2. The molecule has 0 aliphatic carbocycles. The van der Waals surface area contributed by atoms with E-state index in [0.29, 0.717) is 6.04 Å². The van der Waals surface area contributed by atoms with Crippen molar-refractivity contribution in [2.24, 2.45) is 11.7 Å². The summed E-state index contributed by atoms with van der Waals surface area (Å²) in [5.74, 6) is 0.184. The van der Waals surface area contributed by atoms with Gasteiger partial charge in [0.05, 0.1) is 6.04 Å². The van der Waals surface area contributed by atoms with E-state index in [1.54, 1.807) is 0 Å². The number of nitrogens with one attached hydrogen (secondary N) is 1. The number of hydrogen-bond acceptors (Lipinski definition) is 3. The van der Waals surface area contributed by atoms with Crippen LogP contribution in [0.1, 0.15) is 33.6 Å².